The van der Waals surface area contributed by atoms with Gasteiger partial charge in [0.25, 0.3) is 5.91 Å². The number of nitrogens with one attached hydrogen (secondary N) is 1. The Morgan fingerprint density at radius 1 is 0.968 bits per heavy atom. The minimum atomic E-state index is -3.70. The summed E-state index contributed by atoms with van der Waals surface area (Å²) in [5, 5.41) is 3.15. The summed E-state index contributed by atoms with van der Waals surface area (Å²) in [5.74, 6) is -0.297. The number of likely N-dealkylation sites (tertiary alicyclic amines) is 1. The van der Waals surface area contributed by atoms with Crippen LogP contribution in [0, 0.1) is 0 Å². The van der Waals surface area contributed by atoms with E-state index < -0.39 is 10.0 Å². The van der Waals surface area contributed by atoms with Crippen molar-refractivity contribution in [3.63, 3.8) is 0 Å². The van der Waals surface area contributed by atoms with Crippen LogP contribution in [0.25, 0.3) is 0 Å². The monoisotopic (exact) mass is 461 g/mol. The number of amides is 1. The Hall–Kier alpha value is -1.93. The Bertz CT molecular complexity index is 1020. The molecule has 6 nitrogen and oxygen atoms in total. The number of halogens is 1. The molecule has 2 saturated heterocycles. The Morgan fingerprint density at radius 2 is 1.61 bits per heavy atom. The normalized spacial score (nSPS) is 18.9. The number of hydrogen-bond acceptors (Lipinski definition) is 4. The van der Waals surface area contributed by atoms with Gasteiger partial charge in [0.05, 0.1) is 11.1 Å². The largest absolute Gasteiger partial charge is 0.350 e. The third-order valence-corrected chi connectivity index (χ3v) is 8.48. The molecular formula is C23H28ClN3O3S. The van der Waals surface area contributed by atoms with E-state index in [1.54, 1.807) is 6.07 Å². The highest BCUT2D eigenvalue weighted by Crippen LogP contribution is 2.28. The summed E-state index contributed by atoms with van der Waals surface area (Å²) >= 11 is 6.21. The molecule has 0 saturated carbocycles. The molecule has 0 unspecified atom stereocenters. The molecule has 1 atom stereocenters. The maximum atomic E-state index is 13.0. The van der Waals surface area contributed by atoms with Crippen LogP contribution < -0.4 is 5.32 Å². The summed E-state index contributed by atoms with van der Waals surface area (Å²) in [5.41, 5.74) is 1.47. The number of sulfonamides is 1. The molecule has 31 heavy (non-hydrogen) atoms. The van der Waals surface area contributed by atoms with E-state index in [9.17, 15) is 13.2 Å². The van der Waals surface area contributed by atoms with Crippen molar-refractivity contribution in [2.75, 3.05) is 32.7 Å². The van der Waals surface area contributed by atoms with Crippen molar-refractivity contribution in [2.45, 2.75) is 36.6 Å². The highest BCUT2D eigenvalue weighted by molar-refractivity contribution is 7.89. The average molecular weight is 462 g/mol. The van der Waals surface area contributed by atoms with Crippen molar-refractivity contribution in [3.8, 4) is 0 Å². The average Bonchev–Trinajstić information content (AvgIpc) is 3.50. The fraction of sp³-hybridized carbons (Fsp3) is 0.435. The SMILES string of the molecule is O=C(NC[C@@H](c1ccccc1)N1CCCC1)c1ccc(Cl)c(S(=O)(=O)N2CCCC2)c1. The summed E-state index contributed by atoms with van der Waals surface area (Å²) in [7, 11) is -3.70. The number of hydrogen-bond donors (Lipinski definition) is 1. The number of rotatable bonds is 7. The van der Waals surface area contributed by atoms with Crippen molar-refractivity contribution in [1.29, 1.82) is 0 Å². The second-order valence-electron chi connectivity index (χ2n) is 8.14. The van der Waals surface area contributed by atoms with Gasteiger partial charge in [-0.2, -0.15) is 4.31 Å². The van der Waals surface area contributed by atoms with Crippen LogP contribution in [-0.4, -0.2) is 56.3 Å². The minimum Gasteiger partial charge on any atom is -0.350 e. The van der Waals surface area contributed by atoms with Gasteiger partial charge in [-0.05, 0) is 62.5 Å². The first-order valence-electron chi connectivity index (χ1n) is 10.8. The molecule has 166 valence electrons. The molecule has 0 aliphatic carbocycles. The number of carbonyl (C=O) groups excluding carboxylic acids is 1. The van der Waals surface area contributed by atoms with E-state index in [4.69, 9.17) is 11.6 Å². The topological polar surface area (TPSA) is 69.7 Å². The maximum absolute atomic E-state index is 13.0. The van der Waals surface area contributed by atoms with Gasteiger partial charge in [0.1, 0.15) is 4.90 Å². The van der Waals surface area contributed by atoms with E-state index in [0.717, 1.165) is 44.3 Å². The lowest BCUT2D eigenvalue weighted by atomic mass is 10.1. The minimum absolute atomic E-state index is 0.00266. The van der Waals surface area contributed by atoms with Gasteiger partial charge in [0.2, 0.25) is 10.0 Å². The molecule has 0 radical (unpaired) electrons. The van der Waals surface area contributed by atoms with Crippen molar-refractivity contribution in [2.24, 2.45) is 0 Å². The first-order chi connectivity index (χ1) is 15.0. The molecule has 0 spiro atoms. The van der Waals surface area contributed by atoms with Crippen molar-refractivity contribution < 1.29 is 13.2 Å². The molecule has 0 bridgehead atoms. The van der Waals surface area contributed by atoms with Crippen LogP contribution in [-0.2, 0) is 10.0 Å². The highest BCUT2D eigenvalue weighted by atomic mass is 35.5. The molecule has 2 aliphatic heterocycles. The second kappa shape index (κ2) is 9.69. The Labute approximate surface area is 189 Å². The van der Waals surface area contributed by atoms with Crippen LogP contribution >= 0.6 is 11.6 Å². The van der Waals surface area contributed by atoms with E-state index in [0.29, 0.717) is 25.2 Å². The van der Waals surface area contributed by atoms with Gasteiger partial charge in [-0.3, -0.25) is 9.69 Å². The number of benzene rings is 2. The third kappa shape index (κ3) is 4.95. The first kappa shape index (κ1) is 22.3. The van der Waals surface area contributed by atoms with Gasteiger partial charge >= 0.3 is 0 Å². The molecule has 2 aromatic carbocycles. The number of nitrogens with zero attached hydrogens (tertiary/aromatic N) is 2. The van der Waals surface area contributed by atoms with E-state index in [2.05, 4.69) is 22.3 Å². The number of carbonyl (C=O) groups is 1. The predicted molar refractivity (Wildman–Crippen MR) is 122 cm³/mol. The van der Waals surface area contributed by atoms with Gasteiger partial charge in [-0.15, -0.1) is 0 Å². The van der Waals surface area contributed by atoms with E-state index in [1.165, 1.54) is 16.4 Å². The van der Waals surface area contributed by atoms with Crippen molar-refractivity contribution >= 4 is 27.5 Å². The molecule has 8 heteroatoms. The molecule has 2 fully saturated rings. The lowest BCUT2D eigenvalue weighted by Crippen LogP contribution is -2.37. The van der Waals surface area contributed by atoms with Gasteiger partial charge in [-0.25, -0.2) is 8.42 Å². The van der Waals surface area contributed by atoms with Gasteiger partial charge in [0, 0.05) is 25.2 Å². The third-order valence-electron chi connectivity index (χ3n) is 6.10. The van der Waals surface area contributed by atoms with Crippen LogP contribution in [0.4, 0.5) is 0 Å². The highest BCUT2D eigenvalue weighted by Gasteiger charge is 2.30. The second-order valence-corrected chi connectivity index (χ2v) is 10.4. The zero-order valence-corrected chi connectivity index (χ0v) is 19.0. The predicted octanol–water partition coefficient (Wildman–Crippen LogP) is 3.69. The van der Waals surface area contributed by atoms with Gasteiger partial charge < -0.3 is 5.32 Å². The molecule has 2 heterocycles. The summed E-state index contributed by atoms with van der Waals surface area (Å²) in [6.07, 6.45) is 4.00. The standard InChI is InChI=1S/C23H28ClN3O3S/c24-20-11-10-19(16-22(20)31(29,30)27-14-6-7-15-27)23(28)25-17-21(26-12-4-5-13-26)18-8-2-1-3-9-18/h1-3,8-11,16,21H,4-7,12-15,17H2,(H,25,28)/t21-/m0/s1. The molecule has 4 rings (SSSR count). The summed E-state index contributed by atoms with van der Waals surface area (Å²) in [4.78, 5) is 15.3. The van der Waals surface area contributed by atoms with Crippen LogP contribution in [0.5, 0.6) is 0 Å². The maximum Gasteiger partial charge on any atom is 0.251 e. The summed E-state index contributed by atoms with van der Waals surface area (Å²) in [6, 6.07) is 14.7. The Morgan fingerprint density at radius 3 is 2.29 bits per heavy atom. The zero-order chi connectivity index (χ0) is 21.8. The van der Waals surface area contributed by atoms with E-state index in [-0.39, 0.29) is 21.9 Å². The van der Waals surface area contributed by atoms with Crippen LogP contribution in [0.15, 0.2) is 53.4 Å². The van der Waals surface area contributed by atoms with E-state index in [1.807, 2.05) is 18.2 Å². The smallest absolute Gasteiger partial charge is 0.251 e. The van der Waals surface area contributed by atoms with Crippen LogP contribution in [0.2, 0.25) is 5.02 Å². The molecule has 0 aromatic heterocycles. The van der Waals surface area contributed by atoms with E-state index >= 15 is 0 Å². The van der Waals surface area contributed by atoms with Crippen molar-refractivity contribution in [1.82, 2.24) is 14.5 Å². The molecule has 1 N–H and O–H groups in total. The fourth-order valence-electron chi connectivity index (χ4n) is 4.39. The molecule has 2 aliphatic rings. The molecular weight excluding hydrogens is 434 g/mol. The van der Waals surface area contributed by atoms with Gasteiger partial charge in [0.15, 0.2) is 0 Å². The Balaban J connectivity index is 1.51. The zero-order valence-electron chi connectivity index (χ0n) is 17.5. The first-order valence-corrected chi connectivity index (χ1v) is 12.7. The lowest BCUT2D eigenvalue weighted by Gasteiger charge is -2.28. The fourth-order valence-corrected chi connectivity index (χ4v) is 6.40. The quantitative estimate of drug-likeness (QED) is 0.682. The van der Waals surface area contributed by atoms with Gasteiger partial charge in [-0.1, -0.05) is 41.9 Å². The summed E-state index contributed by atoms with van der Waals surface area (Å²) < 4.78 is 27.4. The van der Waals surface area contributed by atoms with Crippen molar-refractivity contribution in [3.05, 3.63) is 64.7 Å². The summed E-state index contributed by atoms with van der Waals surface area (Å²) in [6.45, 7) is 3.45. The molecule has 2 aromatic rings. The van der Waals surface area contributed by atoms with Crippen LogP contribution in [0.3, 0.4) is 0 Å². The molecule has 1 amide bonds. The Kier molecular flexibility index (Phi) is 6.96. The lowest BCUT2D eigenvalue weighted by molar-refractivity contribution is 0.0937. The van der Waals surface area contributed by atoms with Crippen LogP contribution in [0.1, 0.15) is 47.6 Å².